The molecule has 26 heavy (non-hydrogen) atoms. The van der Waals surface area contributed by atoms with Crippen LogP contribution in [0.5, 0.6) is 11.5 Å². The molecule has 1 aromatic rings. The summed E-state index contributed by atoms with van der Waals surface area (Å²) in [6.07, 6.45) is 0.234. The van der Waals surface area contributed by atoms with Crippen molar-refractivity contribution in [3.05, 3.63) is 23.3 Å². The minimum absolute atomic E-state index is 0.0119. The first-order valence-electron chi connectivity index (χ1n) is 8.72. The SMILES string of the molecule is CCCOC(=O)[C@@H]1Cc2c(ccc(OC)c2O)CN1C(=O)OC(C)(C)C. The Morgan fingerprint density at radius 1 is 1.31 bits per heavy atom. The summed E-state index contributed by atoms with van der Waals surface area (Å²) in [7, 11) is 1.46. The highest BCUT2D eigenvalue weighted by Crippen LogP contribution is 2.37. The number of phenols is 1. The monoisotopic (exact) mass is 365 g/mol. The number of carbonyl (C=O) groups is 2. The second-order valence-electron chi connectivity index (χ2n) is 7.25. The summed E-state index contributed by atoms with van der Waals surface area (Å²) in [5.41, 5.74) is 0.647. The number of benzene rings is 1. The summed E-state index contributed by atoms with van der Waals surface area (Å²) in [6, 6.07) is 2.55. The van der Waals surface area contributed by atoms with Gasteiger partial charge in [0.05, 0.1) is 20.3 Å². The molecule has 7 heteroatoms. The number of aromatic hydroxyl groups is 1. The number of carbonyl (C=O) groups excluding carboxylic acids is 2. The van der Waals surface area contributed by atoms with Crippen molar-refractivity contribution in [2.45, 2.75) is 58.7 Å². The summed E-state index contributed by atoms with van der Waals surface area (Å²) in [5.74, 6) is -0.192. The molecule has 1 aliphatic heterocycles. The molecule has 0 aromatic heterocycles. The molecule has 0 aliphatic carbocycles. The smallest absolute Gasteiger partial charge is 0.411 e. The Labute approximate surface area is 153 Å². The van der Waals surface area contributed by atoms with E-state index in [9.17, 15) is 14.7 Å². The van der Waals surface area contributed by atoms with Crippen LogP contribution in [-0.4, -0.2) is 47.4 Å². The average Bonchev–Trinajstić information content (AvgIpc) is 2.57. The van der Waals surface area contributed by atoms with Crippen LogP contribution in [0.25, 0.3) is 0 Å². The molecular weight excluding hydrogens is 338 g/mol. The molecule has 0 unspecified atom stereocenters. The lowest BCUT2D eigenvalue weighted by molar-refractivity contribution is -0.150. The van der Waals surface area contributed by atoms with Crippen molar-refractivity contribution in [3.8, 4) is 11.5 Å². The molecule has 0 radical (unpaired) electrons. The maximum atomic E-state index is 12.6. The van der Waals surface area contributed by atoms with Crippen LogP contribution in [0.15, 0.2) is 12.1 Å². The van der Waals surface area contributed by atoms with Crippen LogP contribution in [0.1, 0.15) is 45.2 Å². The van der Waals surface area contributed by atoms with E-state index in [1.165, 1.54) is 12.0 Å². The number of rotatable bonds is 4. The van der Waals surface area contributed by atoms with E-state index in [0.29, 0.717) is 17.7 Å². The molecule has 1 aromatic carbocycles. The molecule has 0 fully saturated rings. The molecule has 1 aliphatic rings. The van der Waals surface area contributed by atoms with Gasteiger partial charge in [-0.1, -0.05) is 13.0 Å². The third-order valence-electron chi connectivity index (χ3n) is 4.03. The molecule has 0 bridgehead atoms. The second kappa shape index (κ2) is 7.85. The zero-order valence-corrected chi connectivity index (χ0v) is 16.0. The van der Waals surface area contributed by atoms with Gasteiger partial charge in [-0.05, 0) is 38.8 Å². The van der Waals surface area contributed by atoms with Crippen molar-refractivity contribution in [1.82, 2.24) is 4.90 Å². The lowest BCUT2D eigenvalue weighted by Crippen LogP contribution is -2.50. The van der Waals surface area contributed by atoms with Gasteiger partial charge in [0.15, 0.2) is 11.5 Å². The highest BCUT2D eigenvalue weighted by Gasteiger charge is 2.39. The van der Waals surface area contributed by atoms with Crippen LogP contribution in [0, 0.1) is 0 Å². The molecule has 1 heterocycles. The first-order valence-corrected chi connectivity index (χ1v) is 8.72. The molecule has 1 N–H and O–H groups in total. The lowest BCUT2D eigenvalue weighted by atomic mass is 9.93. The standard InChI is InChI=1S/C19H27NO6/c1-6-9-25-17(22)14-10-13-12(7-8-15(24-5)16(13)21)11-20(14)18(23)26-19(2,3)4/h7-8,14,21H,6,9-11H2,1-5H3/t14-/m0/s1. The van der Waals surface area contributed by atoms with E-state index in [4.69, 9.17) is 14.2 Å². The maximum Gasteiger partial charge on any atom is 0.411 e. The minimum atomic E-state index is -0.859. The first kappa shape index (κ1) is 19.9. The highest BCUT2D eigenvalue weighted by atomic mass is 16.6. The van der Waals surface area contributed by atoms with Crippen molar-refractivity contribution >= 4 is 12.1 Å². The number of nitrogens with zero attached hydrogens (tertiary/aromatic N) is 1. The molecule has 0 saturated heterocycles. The Kier molecular flexibility index (Phi) is 6.00. The van der Waals surface area contributed by atoms with Gasteiger partial charge in [0.25, 0.3) is 0 Å². The van der Waals surface area contributed by atoms with Gasteiger partial charge in [0, 0.05) is 12.0 Å². The van der Waals surface area contributed by atoms with E-state index in [-0.39, 0.29) is 25.3 Å². The number of amides is 1. The van der Waals surface area contributed by atoms with Crippen LogP contribution in [0.4, 0.5) is 4.79 Å². The number of phenolic OH excluding ortho intramolecular Hbond substituents is 1. The Morgan fingerprint density at radius 2 is 2.00 bits per heavy atom. The summed E-state index contributed by atoms with van der Waals surface area (Å²) >= 11 is 0. The first-order chi connectivity index (χ1) is 12.2. The van der Waals surface area contributed by atoms with Crippen molar-refractivity contribution < 1.29 is 28.9 Å². The van der Waals surface area contributed by atoms with E-state index in [1.54, 1.807) is 32.9 Å². The van der Waals surface area contributed by atoms with Crippen molar-refractivity contribution in [1.29, 1.82) is 0 Å². The topological polar surface area (TPSA) is 85.3 Å². The zero-order valence-electron chi connectivity index (χ0n) is 16.0. The molecule has 2 rings (SSSR count). The molecule has 1 atom stereocenters. The van der Waals surface area contributed by atoms with Gasteiger partial charge in [-0.25, -0.2) is 9.59 Å². The van der Waals surface area contributed by atoms with Gasteiger partial charge < -0.3 is 19.3 Å². The van der Waals surface area contributed by atoms with E-state index in [2.05, 4.69) is 0 Å². The Hall–Kier alpha value is -2.44. The predicted molar refractivity (Wildman–Crippen MR) is 95.2 cm³/mol. The molecular formula is C19H27NO6. The van der Waals surface area contributed by atoms with Crippen LogP contribution >= 0.6 is 0 Å². The van der Waals surface area contributed by atoms with Gasteiger partial charge in [0.2, 0.25) is 0 Å². The molecule has 0 saturated carbocycles. The summed E-state index contributed by atoms with van der Waals surface area (Å²) in [5, 5.41) is 10.4. The number of fused-ring (bicyclic) bond motifs is 1. The Morgan fingerprint density at radius 3 is 2.58 bits per heavy atom. The summed E-state index contributed by atoms with van der Waals surface area (Å²) in [4.78, 5) is 26.5. The lowest BCUT2D eigenvalue weighted by Gasteiger charge is -2.36. The van der Waals surface area contributed by atoms with Crippen molar-refractivity contribution in [2.24, 2.45) is 0 Å². The zero-order chi connectivity index (χ0) is 19.5. The van der Waals surface area contributed by atoms with Crippen molar-refractivity contribution in [3.63, 3.8) is 0 Å². The normalized spacial score (nSPS) is 16.7. The number of esters is 1. The van der Waals surface area contributed by atoms with Crippen LogP contribution in [-0.2, 0) is 27.2 Å². The molecule has 7 nitrogen and oxygen atoms in total. The molecule has 144 valence electrons. The maximum absolute atomic E-state index is 12.6. The third-order valence-corrected chi connectivity index (χ3v) is 4.03. The van der Waals surface area contributed by atoms with E-state index in [1.807, 2.05) is 6.92 Å². The molecule has 1 amide bonds. The molecule has 0 spiro atoms. The van der Waals surface area contributed by atoms with Gasteiger partial charge >= 0.3 is 12.1 Å². The van der Waals surface area contributed by atoms with Gasteiger partial charge in [-0.15, -0.1) is 0 Å². The second-order valence-corrected chi connectivity index (χ2v) is 7.25. The average molecular weight is 365 g/mol. The van der Waals surface area contributed by atoms with Crippen LogP contribution in [0.3, 0.4) is 0 Å². The Bertz CT molecular complexity index is 679. The highest BCUT2D eigenvalue weighted by molar-refractivity contribution is 5.83. The predicted octanol–water partition coefficient (Wildman–Crippen LogP) is 3.02. The fourth-order valence-corrected chi connectivity index (χ4v) is 2.82. The summed E-state index contributed by atoms with van der Waals surface area (Å²) in [6.45, 7) is 7.62. The van der Waals surface area contributed by atoms with Gasteiger partial charge in [-0.2, -0.15) is 0 Å². The fourth-order valence-electron chi connectivity index (χ4n) is 2.82. The minimum Gasteiger partial charge on any atom is -0.504 e. The number of methoxy groups -OCH3 is 1. The van der Waals surface area contributed by atoms with E-state index < -0.39 is 23.7 Å². The Balaban J connectivity index is 2.37. The number of hydrogen-bond donors (Lipinski definition) is 1. The third kappa shape index (κ3) is 4.39. The number of hydrogen-bond acceptors (Lipinski definition) is 6. The van der Waals surface area contributed by atoms with Gasteiger partial charge in [-0.3, -0.25) is 4.90 Å². The fraction of sp³-hybridized carbons (Fsp3) is 0.579. The van der Waals surface area contributed by atoms with E-state index >= 15 is 0 Å². The van der Waals surface area contributed by atoms with Crippen LogP contribution in [0.2, 0.25) is 0 Å². The largest absolute Gasteiger partial charge is 0.504 e. The van der Waals surface area contributed by atoms with Crippen LogP contribution < -0.4 is 4.74 Å². The van der Waals surface area contributed by atoms with Crippen molar-refractivity contribution in [2.75, 3.05) is 13.7 Å². The van der Waals surface area contributed by atoms with Gasteiger partial charge in [0.1, 0.15) is 11.6 Å². The summed E-state index contributed by atoms with van der Waals surface area (Å²) < 4.78 is 15.8. The quantitative estimate of drug-likeness (QED) is 0.826. The van der Waals surface area contributed by atoms with E-state index in [0.717, 1.165) is 5.56 Å². The number of ether oxygens (including phenoxy) is 3.